The van der Waals surface area contributed by atoms with Crippen molar-refractivity contribution in [2.24, 2.45) is 11.8 Å². The molecule has 52 heavy (non-hydrogen) atoms. The fourth-order valence-electron chi connectivity index (χ4n) is 7.82. The average Bonchev–Trinajstić information content (AvgIpc) is 3.30. The number of carbonyl (C=O) groups excluding carboxylic acids is 1. The van der Waals surface area contributed by atoms with Gasteiger partial charge in [-0.25, -0.2) is 4.21 Å². The highest BCUT2D eigenvalue weighted by atomic mass is 35.5. The number of anilines is 1. The van der Waals surface area contributed by atoms with Gasteiger partial charge in [0.1, 0.15) is 22.3 Å². The SMILES string of the molecule is CCCCC(C#CCCN1CCS(=O)CC1)(OC)C1CCC1CN1CC(c2ccc(Cl)cc2CCC)COc2ccc(C(=O)NS(=O)C(C)C)cc21. The predicted octanol–water partition coefficient (Wildman–Crippen LogP) is 7.14. The molecule has 1 amide bonds. The van der Waals surface area contributed by atoms with Gasteiger partial charge in [-0.3, -0.25) is 13.7 Å². The number of aryl methyl sites for hydroxylation is 1. The highest BCUT2D eigenvalue weighted by Gasteiger charge is 2.48. The van der Waals surface area contributed by atoms with Gasteiger partial charge in [0.25, 0.3) is 5.91 Å². The number of halogens is 1. The molecule has 11 heteroatoms. The summed E-state index contributed by atoms with van der Waals surface area (Å²) in [4.78, 5) is 18.1. The van der Waals surface area contributed by atoms with E-state index in [1.165, 1.54) is 11.1 Å². The lowest BCUT2D eigenvalue weighted by Gasteiger charge is -2.49. The van der Waals surface area contributed by atoms with E-state index in [1.807, 2.05) is 39.2 Å². The van der Waals surface area contributed by atoms with Gasteiger partial charge in [0, 0.05) is 96.2 Å². The quantitative estimate of drug-likeness (QED) is 0.193. The Bertz CT molecular complexity index is 1630. The van der Waals surface area contributed by atoms with Crippen molar-refractivity contribution >= 4 is 45.0 Å². The van der Waals surface area contributed by atoms with Crippen LogP contribution in [0.2, 0.25) is 5.02 Å². The molecule has 0 spiro atoms. The molecule has 1 saturated heterocycles. The van der Waals surface area contributed by atoms with Crippen LogP contribution in [0.25, 0.3) is 0 Å². The van der Waals surface area contributed by atoms with E-state index in [0.717, 1.165) is 112 Å². The molecule has 5 unspecified atom stereocenters. The van der Waals surface area contributed by atoms with Crippen LogP contribution in [-0.2, 0) is 32.9 Å². The number of carbonyl (C=O) groups is 1. The number of fused-ring (bicyclic) bond motifs is 1. The lowest BCUT2D eigenvalue weighted by Crippen LogP contribution is -2.51. The summed E-state index contributed by atoms with van der Waals surface area (Å²) in [6.07, 6.45) is 7.85. The van der Waals surface area contributed by atoms with Crippen molar-refractivity contribution in [2.45, 2.75) is 95.8 Å². The van der Waals surface area contributed by atoms with E-state index < -0.39 is 27.4 Å². The first-order valence-corrected chi connectivity index (χ1v) is 22.3. The third-order valence-electron chi connectivity index (χ3n) is 11.0. The van der Waals surface area contributed by atoms with Crippen LogP contribution in [0.3, 0.4) is 0 Å². The fourth-order valence-corrected chi connectivity index (χ4v) is 9.68. The van der Waals surface area contributed by atoms with Crippen LogP contribution >= 0.6 is 11.6 Å². The summed E-state index contributed by atoms with van der Waals surface area (Å²) in [7, 11) is -0.334. The maximum Gasteiger partial charge on any atom is 0.263 e. The van der Waals surface area contributed by atoms with Crippen molar-refractivity contribution in [2.75, 3.05) is 62.8 Å². The first-order valence-electron chi connectivity index (χ1n) is 19.2. The normalized spacial score (nSPS) is 22.6. The van der Waals surface area contributed by atoms with Gasteiger partial charge in [0.15, 0.2) is 0 Å². The zero-order chi connectivity index (χ0) is 37.3. The number of hydrogen-bond donors (Lipinski definition) is 1. The molecule has 0 bridgehead atoms. The average molecular weight is 773 g/mol. The standard InChI is InChI=1S/C41H58ClN3O5S2/c1-6-8-18-41(49-5,19-9-10-20-44-21-23-51(47)24-22-44)37-16-12-33(37)27-45-28-34(36-15-14-35(42)25-31(36)11-7-2)29-50-39-17-13-32(26-38(39)45)40(46)43-52(48)30(3)4/h13-15,17,25-26,30,33-34,37H,6-8,10-12,16,18,20-24,27-29H2,1-5H3,(H,43,46). The third kappa shape index (κ3) is 10.2. The van der Waals surface area contributed by atoms with Crippen LogP contribution in [0.1, 0.15) is 100 Å². The molecule has 1 aliphatic carbocycles. The highest BCUT2D eigenvalue weighted by Crippen LogP contribution is 2.47. The molecule has 2 aromatic carbocycles. The molecule has 5 rings (SSSR count). The second-order valence-corrected chi connectivity index (χ2v) is 18.7. The minimum absolute atomic E-state index is 0.0924. The van der Waals surface area contributed by atoms with Crippen LogP contribution in [0.15, 0.2) is 36.4 Å². The van der Waals surface area contributed by atoms with Gasteiger partial charge in [-0.15, -0.1) is 0 Å². The van der Waals surface area contributed by atoms with Crippen molar-refractivity contribution in [3.63, 3.8) is 0 Å². The van der Waals surface area contributed by atoms with Crippen molar-refractivity contribution in [3.05, 3.63) is 58.1 Å². The van der Waals surface area contributed by atoms with Crippen molar-refractivity contribution in [1.29, 1.82) is 0 Å². The van der Waals surface area contributed by atoms with Crippen LogP contribution in [-0.4, -0.2) is 88.0 Å². The van der Waals surface area contributed by atoms with Gasteiger partial charge in [-0.1, -0.05) is 56.2 Å². The largest absolute Gasteiger partial charge is 0.491 e. The smallest absolute Gasteiger partial charge is 0.263 e. The van der Waals surface area contributed by atoms with Crippen molar-refractivity contribution in [3.8, 4) is 17.6 Å². The summed E-state index contributed by atoms with van der Waals surface area (Å²) in [6, 6.07) is 11.8. The molecule has 2 fully saturated rings. The summed E-state index contributed by atoms with van der Waals surface area (Å²) in [6.45, 7) is 12.7. The molecule has 1 saturated carbocycles. The Hall–Kier alpha value is -2.42. The Morgan fingerprint density at radius 3 is 2.62 bits per heavy atom. The van der Waals surface area contributed by atoms with E-state index >= 15 is 0 Å². The molecule has 2 heterocycles. The van der Waals surface area contributed by atoms with E-state index in [2.05, 4.69) is 52.3 Å². The molecule has 8 nitrogen and oxygen atoms in total. The van der Waals surface area contributed by atoms with E-state index in [9.17, 15) is 13.2 Å². The summed E-state index contributed by atoms with van der Waals surface area (Å²) >= 11 is 6.48. The third-order valence-corrected chi connectivity index (χ3v) is 13.7. The van der Waals surface area contributed by atoms with E-state index in [-0.39, 0.29) is 23.0 Å². The molecule has 286 valence electrons. The number of unbranched alkanes of at least 4 members (excludes halogenated alkanes) is 1. The van der Waals surface area contributed by atoms with Crippen LogP contribution in [0, 0.1) is 23.7 Å². The summed E-state index contributed by atoms with van der Waals surface area (Å²) in [5, 5.41) is 0.552. The molecular weight excluding hydrogens is 714 g/mol. The van der Waals surface area contributed by atoms with Gasteiger partial charge in [-0.05, 0) is 93.3 Å². The molecular formula is C41H58ClN3O5S2. The molecule has 2 aromatic rings. The van der Waals surface area contributed by atoms with Gasteiger partial charge < -0.3 is 19.3 Å². The zero-order valence-electron chi connectivity index (χ0n) is 31.7. The Kier molecular flexibility index (Phi) is 15.1. The number of hydrogen-bond acceptors (Lipinski definition) is 7. The summed E-state index contributed by atoms with van der Waals surface area (Å²) in [5.74, 6) is 9.81. The van der Waals surface area contributed by atoms with Crippen LogP contribution in [0.4, 0.5) is 5.69 Å². The van der Waals surface area contributed by atoms with Gasteiger partial charge in [-0.2, -0.15) is 0 Å². The number of rotatable bonds is 15. The fraction of sp³-hybridized carbons (Fsp3) is 0.634. The second-order valence-electron chi connectivity index (χ2n) is 14.8. The van der Waals surface area contributed by atoms with E-state index in [4.69, 9.17) is 21.1 Å². The number of nitrogens with one attached hydrogen (secondary N) is 1. The number of nitrogens with zero attached hydrogens (tertiary/aromatic N) is 2. The van der Waals surface area contributed by atoms with E-state index in [0.29, 0.717) is 18.1 Å². The van der Waals surface area contributed by atoms with Crippen LogP contribution < -0.4 is 14.4 Å². The van der Waals surface area contributed by atoms with Crippen molar-refractivity contribution in [1.82, 2.24) is 9.62 Å². The Labute approximate surface area is 322 Å². The Morgan fingerprint density at radius 2 is 1.94 bits per heavy atom. The minimum Gasteiger partial charge on any atom is -0.491 e. The van der Waals surface area contributed by atoms with Crippen LogP contribution in [0.5, 0.6) is 5.75 Å². The Balaban J connectivity index is 1.43. The minimum atomic E-state index is -1.48. The summed E-state index contributed by atoms with van der Waals surface area (Å²) in [5.41, 5.74) is 3.31. The molecule has 3 aliphatic rings. The number of ether oxygens (including phenoxy) is 2. The van der Waals surface area contributed by atoms with Gasteiger partial charge in [0.2, 0.25) is 0 Å². The summed E-state index contributed by atoms with van der Waals surface area (Å²) < 4.78 is 40.1. The lowest BCUT2D eigenvalue weighted by molar-refractivity contribution is -0.0737. The maximum atomic E-state index is 13.3. The first-order chi connectivity index (χ1) is 25.1. The topological polar surface area (TPSA) is 88.2 Å². The van der Waals surface area contributed by atoms with Gasteiger partial charge in [0.05, 0.1) is 12.3 Å². The van der Waals surface area contributed by atoms with Crippen molar-refractivity contribution < 1.29 is 22.7 Å². The number of methoxy groups -OCH3 is 1. The monoisotopic (exact) mass is 771 g/mol. The maximum absolute atomic E-state index is 13.3. The molecule has 2 aliphatic heterocycles. The second kappa shape index (κ2) is 19.3. The number of benzene rings is 2. The molecule has 1 N–H and O–H groups in total. The predicted molar refractivity (Wildman–Crippen MR) is 215 cm³/mol. The first kappa shape index (κ1) is 40.8. The Morgan fingerprint density at radius 1 is 1.15 bits per heavy atom. The number of amides is 1. The molecule has 0 radical (unpaired) electrons. The molecule has 5 atom stereocenters. The zero-order valence-corrected chi connectivity index (χ0v) is 34.1. The lowest BCUT2D eigenvalue weighted by atomic mass is 9.63. The highest BCUT2D eigenvalue weighted by molar-refractivity contribution is 7.85. The van der Waals surface area contributed by atoms with Gasteiger partial charge >= 0.3 is 0 Å². The van der Waals surface area contributed by atoms with E-state index in [1.54, 1.807) is 6.07 Å². The molecule has 0 aromatic heterocycles.